The van der Waals surface area contributed by atoms with E-state index in [1.54, 1.807) is 32.2 Å². The van der Waals surface area contributed by atoms with Crippen molar-refractivity contribution in [3.05, 3.63) is 60.3 Å². The third-order valence-electron chi connectivity index (χ3n) is 7.25. The molecule has 7 nitrogen and oxygen atoms in total. The lowest BCUT2D eigenvalue weighted by molar-refractivity contribution is -0.146. The van der Waals surface area contributed by atoms with E-state index in [0.29, 0.717) is 25.1 Å². The van der Waals surface area contributed by atoms with Crippen LogP contribution in [-0.2, 0) is 4.79 Å². The van der Waals surface area contributed by atoms with Crippen molar-refractivity contribution in [1.29, 1.82) is 0 Å². The van der Waals surface area contributed by atoms with Gasteiger partial charge in [-0.15, -0.1) is 11.8 Å². The number of aromatic nitrogens is 1. The van der Waals surface area contributed by atoms with Gasteiger partial charge in [0.2, 0.25) is 0 Å². The fourth-order valence-electron chi connectivity index (χ4n) is 5.20. The molecule has 1 aliphatic rings. The quantitative estimate of drug-likeness (QED) is 0.245. The molecule has 0 amide bonds. The summed E-state index contributed by atoms with van der Waals surface area (Å²) in [6, 6.07) is 15.5. The minimum atomic E-state index is -0.744. The van der Waals surface area contributed by atoms with Crippen LogP contribution in [0.2, 0.25) is 0 Å². The molecule has 1 unspecified atom stereocenters. The van der Waals surface area contributed by atoms with Gasteiger partial charge in [0.05, 0.1) is 31.8 Å². The summed E-state index contributed by atoms with van der Waals surface area (Å²) < 4.78 is 10.8. The number of methoxy groups -OCH3 is 2. The number of piperidine rings is 1. The van der Waals surface area contributed by atoms with E-state index in [1.165, 1.54) is 0 Å². The Labute approximate surface area is 222 Å². The predicted octanol–water partition coefficient (Wildman–Crippen LogP) is 5.27. The molecule has 1 aromatic heterocycles. The molecule has 37 heavy (non-hydrogen) atoms. The first kappa shape index (κ1) is 27.2. The summed E-state index contributed by atoms with van der Waals surface area (Å²) in [6.45, 7) is 2.33. The number of carbonyl (C=O) groups is 1. The molecular weight excluding hydrogens is 488 g/mol. The standard InChI is InChI=1S/C29H36N2O5S/c1-35-21-9-10-25-23(18-21)22(12-14-30-25)26(32)11-8-20-13-16-31(19-24(20)29(33)34)15-5-17-37-28-7-4-3-6-27(28)36-2/h3-4,6-7,9-10,12,14,18,20,24,26,32H,5,8,11,13,15-17,19H2,1-2H3,(H,33,34)/t20-,24+,26?/m1/s1. The van der Waals surface area contributed by atoms with Crippen molar-refractivity contribution in [3.8, 4) is 11.5 Å². The molecule has 3 atom stereocenters. The summed E-state index contributed by atoms with van der Waals surface area (Å²) in [5.74, 6) is 1.45. The van der Waals surface area contributed by atoms with Gasteiger partial charge in [0, 0.05) is 23.0 Å². The van der Waals surface area contributed by atoms with Crippen molar-refractivity contribution >= 4 is 28.6 Å². The Kier molecular flexibility index (Phi) is 9.66. The van der Waals surface area contributed by atoms with Crippen molar-refractivity contribution in [1.82, 2.24) is 9.88 Å². The molecule has 3 aromatic rings. The number of para-hydroxylation sites is 1. The molecule has 0 saturated carbocycles. The smallest absolute Gasteiger partial charge is 0.308 e. The fraction of sp³-hybridized carbons (Fsp3) is 0.448. The van der Waals surface area contributed by atoms with Gasteiger partial charge in [-0.2, -0.15) is 0 Å². The van der Waals surface area contributed by atoms with Crippen LogP contribution < -0.4 is 9.47 Å². The molecule has 0 bridgehead atoms. The van der Waals surface area contributed by atoms with E-state index in [1.807, 2.05) is 42.5 Å². The fourth-order valence-corrected chi connectivity index (χ4v) is 6.16. The Morgan fingerprint density at radius 3 is 2.81 bits per heavy atom. The van der Waals surface area contributed by atoms with Crippen LogP contribution in [0.5, 0.6) is 11.5 Å². The zero-order chi connectivity index (χ0) is 26.2. The van der Waals surface area contributed by atoms with Crippen LogP contribution >= 0.6 is 11.8 Å². The van der Waals surface area contributed by atoms with Crippen molar-refractivity contribution in [3.63, 3.8) is 0 Å². The van der Waals surface area contributed by atoms with Crippen LogP contribution in [0.15, 0.2) is 59.6 Å². The molecular formula is C29H36N2O5S. The number of rotatable bonds is 12. The Balaban J connectivity index is 1.29. The summed E-state index contributed by atoms with van der Waals surface area (Å²) in [6.07, 6.45) is 4.02. The summed E-state index contributed by atoms with van der Waals surface area (Å²) in [5.41, 5.74) is 1.61. The maximum absolute atomic E-state index is 12.1. The third kappa shape index (κ3) is 6.94. The van der Waals surface area contributed by atoms with Crippen molar-refractivity contribution in [2.45, 2.75) is 36.7 Å². The lowest BCUT2D eigenvalue weighted by atomic mass is 9.81. The average Bonchev–Trinajstić information content (AvgIpc) is 2.93. The van der Waals surface area contributed by atoms with Gasteiger partial charge in [-0.1, -0.05) is 12.1 Å². The first-order valence-electron chi connectivity index (χ1n) is 12.8. The Hall–Kier alpha value is -2.81. The second-order valence-corrected chi connectivity index (χ2v) is 10.7. The number of carboxylic acid groups (broad SMARTS) is 1. The highest BCUT2D eigenvalue weighted by Gasteiger charge is 2.34. The number of ether oxygens (including phenoxy) is 2. The molecule has 0 radical (unpaired) electrons. The molecule has 2 aromatic carbocycles. The highest BCUT2D eigenvalue weighted by molar-refractivity contribution is 7.99. The van der Waals surface area contributed by atoms with Gasteiger partial charge in [-0.05, 0) is 92.4 Å². The molecule has 0 spiro atoms. The number of benzene rings is 2. The van der Waals surface area contributed by atoms with Gasteiger partial charge < -0.3 is 24.6 Å². The number of aliphatic carboxylic acids is 1. The number of hydrogen-bond acceptors (Lipinski definition) is 7. The normalized spacial score (nSPS) is 19.0. The number of pyridine rings is 1. The summed E-state index contributed by atoms with van der Waals surface area (Å²) in [7, 11) is 3.30. The Bertz CT molecular complexity index is 1190. The van der Waals surface area contributed by atoms with E-state index < -0.39 is 18.0 Å². The number of hydrogen-bond donors (Lipinski definition) is 2. The van der Waals surface area contributed by atoms with Crippen molar-refractivity contribution in [2.75, 3.05) is 39.6 Å². The van der Waals surface area contributed by atoms with Crippen molar-refractivity contribution in [2.24, 2.45) is 11.8 Å². The highest BCUT2D eigenvalue weighted by Crippen LogP contribution is 2.34. The molecule has 1 aliphatic heterocycles. The highest BCUT2D eigenvalue weighted by atomic mass is 32.2. The lowest BCUT2D eigenvalue weighted by Crippen LogP contribution is -2.44. The molecule has 198 valence electrons. The number of thioether (sulfide) groups is 1. The van der Waals surface area contributed by atoms with E-state index in [-0.39, 0.29) is 5.92 Å². The minimum absolute atomic E-state index is 0.0500. The van der Waals surface area contributed by atoms with Gasteiger partial charge >= 0.3 is 5.97 Å². The first-order valence-corrected chi connectivity index (χ1v) is 13.8. The molecule has 0 aliphatic carbocycles. The molecule has 4 rings (SSSR count). The predicted molar refractivity (Wildman–Crippen MR) is 146 cm³/mol. The summed E-state index contributed by atoms with van der Waals surface area (Å²) >= 11 is 1.77. The number of carboxylic acids is 1. The summed E-state index contributed by atoms with van der Waals surface area (Å²) in [5, 5.41) is 21.8. The minimum Gasteiger partial charge on any atom is -0.497 e. The average molecular weight is 525 g/mol. The topological polar surface area (TPSA) is 92.1 Å². The maximum Gasteiger partial charge on any atom is 0.308 e. The van der Waals surface area contributed by atoms with E-state index in [0.717, 1.165) is 58.8 Å². The van der Waals surface area contributed by atoms with Crippen LogP contribution in [0.1, 0.15) is 37.4 Å². The molecule has 2 heterocycles. The van der Waals surface area contributed by atoms with Crippen LogP contribution in [0.25, 0.3) is 10.9 Å². The molecule has 2 N–H and O–H groups in total. The monoisotopic (exact) mass is 524 g/mol. The largest absolute Gasteiger partial charge is 0.497 e. The Morgan fingerprint density at radius 1 is 1.19 bits per heavy atom. The summed E-state index contributed by atoms with van der Waals surface area (Å²) in [4.78, 5) is 19.9. The molecule has 1 fully saturated rings. The SMILES string of the molecule is COc1ccc2nccc(C(O)CC[C@@H]3CCN(CCCSc4ccccc4OC)C[C@@H]3C(=O)O)c2c1. The molecule has 8 heteroatoms. The van der Waals surface area contributed by atoms with Gasteiger partial charge in [-0.3, -0.25) is 9.78 Å². The van der Waals surface area contributed by atoms with Crippen LogP contribution in [0.4, 0.5) is 0 Å². The van der Waals surface area contributed by atoms with E-state index >= 15 is 0 Å². The van der Waals surface area contributed by atoms with Crippen LogP contribution in [0.3, 0.4) is 0 Å². The number of aliphatic hydroxyl groups is 1. The van der Waals surface area contributed by atoms with Crippen molar-refractivity contribution < 1.29 is 24.5 Å². The zero-order valence-electron chi connectivity index (χ0n) is 21.5. The first-order chi connectivity index (χ1) is 18.0. The van der Waals surface area contributed by atoms with Gasteiger partial charge in [0.15, 0.2) is 0 Å². The van der Waals surface area contributed by atoms with Gasteiger partial charge in [0.25, 0.3) is 0 Å². The number of aliphatic hydroxyl groups excluding tert-OH is 1. The number of nitrogens with zero attached hydrogens (tertiary/aromatic N) is 2. The van der Waals surface area contributed by atoms with Gasteiger partial charge in [0.1, 0.15) is 11.5 Å². The maximum atomic E-state index is 12.1. The lowest BCUT2D eigenvalue weighted by Gasteiger charge is -2.37. The zero-order valence-corrected chi connectivity index (χ0v) is 22.3. The number of likely N-dealkylation sites (tertiary alicyclic amines) is 1. The number of fused-ring (bicyclic) bond motifs is 1. The van der Waals surface area contributed by atoms with Crippen LogP contribution in [-0.4, -0.2) is 65.7 Å². The Morgan fingerprint density at radius 2 is 2.03 bits per heavy atom. The van der Waals surface area contributed by atoms with E-state index in [2.05, 4.69) is 16.0 Å². The van der Waals surface area contributed by atoms with Gasteiger partial charge in [-0.25, -0.2) is 0 Å². The third-order valence-corrected chi connectivity index (χ3v) is 8.40. The van der Waals surface area contributed by atoms with Crippen LogP contribution in [0, 0.1) is 11.8 Å². The van der Waals surface area contributed by atoms with E-state index in [9.17, 15) is 15.0 Å². The van der Waals surface area contributed by atoms with E-state index in [4.69, 9.17) is 9.47 Å². The second-order valence-electron chi connectivity index (χ2n) is 9.52. The second kappa shape index (κ2) is 13.1. The molecule has 1 saturated heterocycles.